The minimum Gasteiger partial charge on any atom is -0.381 e. The van der Waals surface area contributed by atoms with E-state index in [0.29, 0.717) is 12.5 Å². The Kier molecular flexibility index (Phi) is 4.92. The highest BCUT2D eigenvalue weighted by molar-refractivity contribution is 5.86. The van der Waals surface area contributed by atoms with E-state index in [1.165, 1.54) is 0 Å². The zero-order chi connectivity index (χ0) is 16.4. The molecule has 6 heteroatoms. The van der Waals surface area contributed by atoms with Crippen LogP contribution in [0.25, 0.3) is 0 Å². The van der Waals surface area contributed by atoms with Gasteiger partial charge in [0.1, 0.15) is 6.54 Å². The Balaban J connectivity index is 1.62. The number of ether oxygens (including phenoxy) is 1. The van der Waals surface area contributed by atoms with Crippen molar-refractivity contribution in [3.05, 3.63) is 0 Å². The third-order valence-electron chi connectivity index (χ3n) is 5.91. The fourth-order valence-electron chi connectivity index (χ4n) is 4.28. The summed E-state index contributed by atoms with van der Waals surface area (Å²) >= 11 is 0. The first-order valence-corrected chi connectivity index (χ1v) is 8.84. The molecule has 3 fully saturated rings. The minimum atomic E-state index is -0.0789. The molecule has 3 heterocycles. The molecule has 1 spiro atoms. The summed E-state index contributed by atoms with van der Waals surface area (Å²) in [5.74, 6) is 0.172. The topological polar surface area (TPSA) is 53.1 Å². The molecule has 0 atom stereocenters. The second-order valence-electron chi connectivity index (χ2n) is 7.37. The summed E-state index contributed by atoms with van der Waals surface area (Å²) in [4.78, 5) is 30.4. The van der Waals surface area contributed by atoms with Crippen molar-refractivity contribution >= 4 is 11.8 Å². The van der Waals surface area contributed by atoms with Crippen molar-refractivity contribution in [2.75, 3.05) is 46.9 Å². The van der Waals surface area contributed by atoms with E-state index in [4.69, 9.17) is 4.74 Å². The van der Waals surface area contributed by atoms with Gasteiger partial charge in [0, 0.05) is 58.4 Å². The van der Waals surface area contributed by atoms with Crippen LogP contribution in [0.4, 0.5) is 0 Å². The molecule has 3 aliphatic rings. The van der Waals surface area contributed by atoms with Gasteiger partial charge < -0.3 is 19.4 Å². The van der Waals surface area contributed by atoms with Gasteiger partial charge in [-0.1, -0.05) is 0 Å². The molecule has 0 aromatic carbocycles. The van der Waals surface area contributed by atoms with Crippen LogP contribution in [0, 0.1) is 0 Å². The Labute approximate surface area is 138 Å². The van der Waals surface area contributed by atoms with E-state index in [1.807, 2.05) is 4.90 Å². The Bertz CT molecular complexity index is 452. The van der Waals surface area contributed by atoms with Crippen LogP contribution in [0.3, 0.4) is 0 Å². The van der Waals surface area contributed by atoms with Crippen molar-refractivity contribution < 1.29 is 14.3 Å². The molecule has 3 rings (SSSR count). The van der Waals surface area contributed by atoms with E-state index in [-0.39, 0.29) is 23.9 Å². The van der Waals surface area contributed by atoms with E-state index in [0.717, 1.165) is 58.4 Å². The minimum absolute atomic E-state index is 0.0199. The number of likely N-dealkylation sites (tertiary alicyclic amines) is 2. The normalized spacial score (nSPS) is 26.0. The van der Waals surface area contributed by atoms with Crippen molar-refractivity contribution in [2.45, 2.75) is 50.1 Å². The van der Waals surface area contributed by atoms with Crippen molar-refractivity contribution in [1.29, 1.82) is 0 Å². The lowest BCUT2D eigenvalue weighted by atomic mass is 9.84. The highest BCUT2D eigenvalue weighted by Crippen LogP contribution is 2.39. The molecule has 0 aromatic rings. The van der Waals surface area contributed by atoms with Crippen molar-refractivity contribution in [3.8, 4) is 0 Å². The fraction of sp³-hybridized carbons (Fsp3) is 0.882. The van der Waals surface area contributed by atoms with Crippen LogP contribution in [-0.2, 0) is 14.3 Å². The second-order valence-corrected chi connectivity index (χ2v) is 7.37. The lowest BCUT2D eigenvalue weighted by molar-refractivity contribution is -0.141. The van der Waals surface area contributed by atoms with Gasteiger partial charge in [-0.25, -0.2) is 0 Å². The number of rotatable bonds is 3. The zero-order valence-corrected chi connectivity index (χ0v) is 14.4. The number of likely N-dealkylation sites (N-methyl/N-ethyl adjacent to an activating group) is 1. The number of hydrogen-bond acceptors (Lipinski definition) is 4. The SMILES string of the molecule is CN(C)C(=O)CN1C(=O)CCC12CCN(C1CCOCC1)CC2. The summed E-state index contributed by atoms with van der Waals surface area (Å²) in [7, 11) is 3.51. The standard InChI is InChI=1S/C17H29N3O3/c1-18(2)16(22)13-20-15(21)3-6-17(20)7-9-19(10-8-17)14-4-11-23-12-5-14/h14H,3-13H2,1-2H3. The lowest BCUT2D eigenvalue weighted by Gasteiger charge is -2.47. The third kappa shape index (κ3) is 3.38. The molecular weight excluding hydrogens is 294 g/mol. The van der Waals surface area contributed by atoms with E-state index >= 15 is 0 Å². The molecule has 3 aliphatic heterocycles. The first-order chi connectivity index (χ1) is 11.0. The maximum Gasteiger partial charge on any atom is 0.241 e. The van der Waals surface area contributed by atoms with Crippen LogP contribution in [0.2, 0.25) is 0 Å². The predicted molar refractivity (Wildman–Crippen MR) is 87.0 cm³/mol. The molecule has 6 nitrogen and oxygen atoms in total. The molecule has 23 heavy (non-hydrogen) atoms. The van der Waals surface area contributed by atoms with Gasteiger partial charge in [0.15, 0.2) is 0 Å². The average molecular weight is 323 g/mol. The summed E-state index contributed by atoms with van der Waals surface area (Å²) in [5.41, 5.74) is -0.0789. The molecule has 0 unspecified atom stereocenters. The first-order valence-electron chi connectivity index (χ1n) is 8.84. The summed E-state index contributed by atoms with van der Waals surface area (Å²) < 4.78 is 5.46. The molecule has 130 valence electrons. The Morgan fingerprint density at radius 2 is 1.87 bits per heavy atom. The number of piperidine rings is 1. The highest BCUT2D eigenvalue weighted by atomic mass is 16.5. The van der Waals surface area contributed by atoms with Gasteiger partial charge in [0.2, 0.25) is 11.8 Å². The van der Waals surface area contributed by atoms with Gasteiger partial charge in [0.25, 0.3) is 0 Å². The zero-order valence-electron chi connectivity index (χ0n) is 14.4. The summed E-state index contributed by atoms with van der Waals surface area (Å²) in [6.45, 7) is 4.04. The van der Waals surface area contributed by atoms with Gasteiger partial charge in [0.05, 0.1) is 0 Å². The lowest BCUT2D eigenvalue weighted by Crippen LogP contribution is -2.57. The summed E-state index contributed by atoms with van der Waals surface area (Å²) in [6, 6.07) is 0.634. The molecule has 0 saturated carbocycles. The number of carbonyl (C=O) groups is 2. The summed E-state index contributed by atoms with van der Waals surface area (Å²) in [6.07, 6.45) is 5.74. The van der Waals surface area contributed by atoms with E-state index in [1.54, 1.807) is 19.0 Å². The summed E-state index contributed by atoms with van der Waals surface area (Å²) in [5, 5.41) is 0. The molecule has 0 aliphatic carbocycles. The van der Waals surface area contributed by atoms with Crippen LogP contribution in [0.5, 0.6) is 0 Å². The van der Waals surface area contributed by atoms with E-state index < -0.39 is 0 Å². The van der Waals surface area contributed by atoms with Crippen LogP contribution in [0.1, 0.15) is 38.5 Å². The third-order valence-corrected chi connectivity index (χ3v) is 5.91. The number of hydrogen-bond donors (Lipinski definition) is 0. The second kappa shape index (κ2) is 6.77. The molecule has 0 radical (unpaired) electrons. The Morgan fingerprint density at radius 3 is 2.48 bits per heavy atom. The molecule has 0 bridgehead atoms. The quantitative estimate of drug-likeness (QED) is 0.768. The van der Waals surface area contributed by atoms with Crippen LogP contribution in [0.15, 0.2) is 0 Å². The average Bonchev–Trinajstić information content (AvgIpc) is 2.86. The maximum absolute atomic E-state index is 12.3. The van der Waals surface area contributed by atoms with Gasteiger partial charge in [-0.2, -0.15) is 0 Å². The van der Waals surface area contributed by atoms with Crippen molar-refractivity contribution in [2.24, 2.45) is 0 Å². The van der Waals surface area contributed by atoms with Gasteiger partial charge in [-0.15, -0.1) is 0 Å². The Hall–Kier alpha value is -1.14. The molecule has 2 amide bonds. The number of carbonyl (C=O) groups excluding carboxylic acids is 2. The van der Waals surface area contributed by atoms with Crippen molar-refractivity contribution in [1.82, 2.24) is 14.7 Å². The Morgan fingerprint density at radius 1 is 1.22 bits per heavy atom. The molecule has 3 saturated heterocycles. The number of amides is 2. The van der Waals surface area contributed by atoms with Gasteiger partial charge in [-0.05, 0) is 32.1 Å². The largest absolute Gasteiger partial charge is 0.381 e. The van der Waals surface area contributed by atoms with Gasteiger partial charge in [-0.3, -0.25) is 9.59 Å². The first kappa shape index (κ1) is 16.7. The highest BCUT2D eigenvalue weighted by Gasteiger charge is 2.48. The van der Waals surface area contributed by atoms with Crippen molar-refractivity contribution in [3.63, 3.8) is 0 Å². The molecular formula is C17H29N3O3. The van der Waals surface area contributed by atoms with Crippen LogP contribution >= 0.6 is 0 Å². The number of nitrogens with zero attached hydrogens (tertiary/aromatic N) is 3. The van der Waals surface area contributed by atoms with E-state index in [2.05, 4.69) is 4.90 Å². The predicted octanol–water partition coefficient (Wildman–Crippen LogP) is 0.711. The smallest absolute Gasteiger partial charge is 0.241 e. The van der Waals surface area contributed by atoms with Gasteiger partial charge >= 0.3 is 0 Å². The fourth-order valence-corrected chi connectivity index (χ4v) is 4.28. The van der Waals surface area contributed by atoms with Crippen LogP contribution in [-0.4, -0.2) is 85.0 Å². The maximum atomic E-state index is 12.3. The molecule has 0 N–H and O–H groups in total. The molecule has 0 aromatic heterocycles. The van der Waals surface area contributed by atoms with E-state index in [9.17, 15) is 9.59 Å². The van der Waals surface area contributed by atoms with Crippen LogP contribution < -0.4 is 0 Å². The monoisotopic (exact) mass is 323 g/mol.